The summed E-state index contributed by atoms with van der Waals surface area (Å²) in [5.74, 6) is -1.95. The average molecular weight is 244 g/mol. The Balaban J connectivity index is 2.24. The topological polar surface area (TPSA) is 116 Å². The van der Waals surface area contributed by atoms with Gasteiger partial charge in [-0.15, -0.1) is 0 Å². The molecule has 1 aliphatic carbocycles. The third-order valence-corrected chi connectivity index (χ3v) is 2.52. The Kier molecular flexibility index (Phi) is 4.74. The molecule has 1 fully saturated rings. The highest BCUT2D eigenvalue weighted by Gasteiger charge is 2.24. The van der Waals surface area contributed by atoms with E-state index in [1.54, 1.807) is 0 Å². The van der Waals surface area contributed by atoms with E-state index >= 15 is 0 Å². The van der Waals surface area contributed by atoms with Crippen LogP contribution in [-0.2, 0) is 9.59 Å². The Morgan fingerprint density at radius 1 is 1.24 bits per heavy atom. The van der Waals surface area contributed by atoms with E-state index in [1.807, 2.05) is 0 Å². The Morgan fingerprint density at radius 3 is 2.35 bits per heavy atom. The normalized spacial score (nSPS) is 16.0. The van der Waals surface area contributed by atoms with Crippen LogP contribution in [0, 0.1) is 5.92 Å². The van der Waals surface area contributed by atoms with Crippen molar-refractivity contribution in [3.63, 3.8) is 0 Å². The van der Waals surface area contributed by atoms with Gasteiger partial charge in [-0.3, -0.25) is 4.79 Å². The Bertz CT molecular complexity index is 314. The monoisotopic (exact) mass is 244 g/mol. The summed E-state index contributed by atoms with van der Waals surface area (Å²) < 4.78 is 0. The van der Waals surface area contributed by atoms with Crippen LogP contribution < -0.4 is 10.6 Å². The number of amides is 2. The van der Waals surface area contributed by atoms with Gasteiger partial charge in [0.15, 0.2) is 0 Å². The van der Waals surface area contributed by atoms with Gasteiger partial charge in [-0.25, -0.2) is 9.59 Å². The molecule has 0 spiro atoms. The highest BCUT2D eigenvalue weighted by Crippen LogP contribution is 2.31. The molecule has 1 aliphatic rings. The van der Waals surface area contributed by atoms with E-state index in [0.29, 0.717) is 12.5 Å². The number of nitrogens with one attached hydrogen (secondary N) is 2. The van der Waals surface area contributed by atoms with Crippen molar-refractivity contribution in [2.24, 2.45) is 5.92 Å². The van der Waals surface area contributed by atoms with Crippen LogP contribution in [0.25, 0.3) is 0 Å². The molecule has 0 aromatic heterocycles. The first-order valence-electron chi connectivity index (χ1n) is 5.48. The van der Waals surface area contributed by atoms with Crippen molar-refractivity contribution in [2.45, 2.75) is 31.7 Å². The number of hydrogen-bond acceptors (Lipinski definition) is 3. The quantitative estimate of drug-likeness (QED) is 0.503. The van der Waals surface area contributed by atoms with Gasteiger partial charge in [0, 0.05) is 6.54 Å². The fourth-order valence-corrected chi connectivity index (χ4v) is 1.38. The summed E-state index contributed by atoms with van der Waals surface area (Å²) in [5.41, 5.74) is 0. The lowest BCUT2D eigenvalue weighted by Gasteiger charge is -2.13. The van der Waals surface area contributed by atoms with E-state index in [-0.39, 0.29) is 0 Å². The number of urea groups is 1. The highest BCUT2D eigenvalue weighted by atomic mass is 16.4. The minimum atomic E-state index is -1.39. The summed E-state index contributed by atoms with van der Waals surface area (Å²) in [6.45, 7) is 0.482. The standard InChI is InChI=1S/C10H16N2O5/c13-8(14)5-7(9(15)16)12-10(17)11-4-3-6-1-2-6/h6-7H,1-5H2,(H,13,14)(H,15,16)(H2,11,12,17). The first kappa shape index (κ1) is 13.3. The maximum Gasteiger partial charge on any atom is 0.326 e. The number of aliphatic carboxylic acids is 2. The first-order valence-corrected chi connectivity index (χ1v) is 5.48. The van der Waals surface area contributed by atoms with E-state index in [0.717, 1.165) is 6.42 Å². The van der Waals surface area contributed by atoms with Crippen LogP contribution in [0.2, 0.25) is 0 Å². The van der Waals surface area contributed by atoms with Crippen molar-refractivity contribution < 1.29 is 24.6 Å². The number of hydrogen-bond donors (Lipinski definition) is 4. The van der Waals surface area contributed by atoms with Crippen molar-refractivity contribution in [1.29, 1.82) is 0 Å². The molecule has 1 unspecified atom stereocenters. The average Bonchev–Trinajstić information content (AvgIpc) is 2.99. The predicted molar refractivity (Wildman–Crippen MR) is 57.6 cm³/mol. The minimum absolute atomic E-state index is 0.482. The number of carboxylic acids is 2. The summed E-state index contributed by atoms with van der Waals surface area (Å²) in [4.78, 5) is 32.3. The van der Waals surface area contributed by atoms with Gasteiger partial charge in [0.05, 0.1) is 6.42 Å². The third-order valence-electron chi connectivity index (χ3n) is 2.52. The molecule has 7 nitrogen and oxygen atoms in total. The van der Waals surface area contributed by atoms with Gasteiger partial charge in [-0.05, 0) is 12.3 Å². The Morgan fingerprint density at radius 2 is 1.88 bits per heavy atom. The lowest BCUT2D eigenvalue weighted by molar-refractivity contribution is -0.145. The third kappa shape index (κ3) is 5.74. The summed E-state index contributed by atoms with van der Waals surface area (Å²) in [5, 5.41) is 21.8. The fourth-order valence-electron chi connectivity index (χ4n) is 1.38. The van der Waals surface area contributed by atoms with Crippen molar-refractivity contribution in [1.82, 2.24) is 10.6 Å². The van der Waals surface area contributed by atoms with Crippen LogP contribution in [-0.4, -0.2) is 40.8 Å². The Labute approximate surface area is 98.2 Å². The summed E-state index contributed by atoms with van der Waals surface area (Å²) >= 11 is 0. The van der Waals surface area contributed by atoms with Crippen LogP contribution in [0.3, 0.4) is 0 Å². The van der Waals surface area contributed by atoms with Crippen LogP contribution in [0.15, 0.2) is 0 Å². The summed E-state index contributed by atoms with van der Waals surface area (Å²) in [6.07, 6.45) is 2.61. The lowest BCUT2D eigenvalue weighted by atomic mass is 10.2. The predicted octanol–water partition coefficient (Wildman–Crippen LogP) is 0.0136. The molecule has 1 rings (SSSR count). The molecule has 17 heavy (non-hydrogen) atoms. The molecule has 7 heteroatoms. The lowest BCUT2D eigenvalue weighted by Crippen LogP contribution is -2.47. The number of carboxylic acid groups (broad SMARTS) is 2. The molecule has 1 atom stereocenters. The van der Waals surface area contributed by atoms with Crippen LogP contribution in [0.5, 0.6) is 0 Å². The molecule has 0 heterocycles. The van der Waals surface area contributed by atoms with Gasteiger partial charge in [0.25, 0.3) is 0 Å². The molecule has 2 amide bonds. The molecule has 0 aromatic rings. The van der Waals surface area contributed by atoms with Crippen LogP contribution in [0.4, 0.5) is 4.79 Å². The minimum Gasteiger partial charge on any atom is -0.481 e. The molecule has 1 saturated carbocycles. The summed E-state index contributed by atoms with van der Waals surface area (Å²) in [7, 11) is 0. The number of carbonyl (C=O) groups is 3. The van der Waals surface area contributed by atoms with E-state index < -0.39 is 30.4 Å². The van der Waals surface area contributed by atoms with Crippen molar-refractivity contribution >= 4 is 18.0 Å². The number of rotatable bonds is 7. The zero-order valence-corrected chi connectivity index (χ0v) is 9.31. The van der Waals surface area contributed by atoms with Crippen LogP contribution >= 0.6 is 0 Å². The molecule has 0 aromatic carbocycles. The second-order valence-corrected chi connectivity index (χ2v) is 4.12. The molecule has 0 radical (unpaired) electrons. The van der Waals surface area contributed by atoms with Gasteiger partial charge < -0.3 is 20.8 Å². The molecule has 0 bridgehead atoms. The Hall–Kier alpha value is -1.79. The maximum atomic E-state index is 11.3. The van der Waals surface area contributed by atoms with Crippen molar-refractivity contribution in [3.05, 3.63) is 0 Å². The van der Waals surface area contributed by atoms with E-state index in [4.69, 9.17) is 10.2 Å². The van der Waals surface area contributed by atoms with Gasteiger partial charge in [0.2, 0.25) is 0 Å². The zero-order valence-electron chi connectivity index (χ0n) is 9.31. The maximum absolute atomic E-state index is 11.3. The first-order chi connectivity index (χ1) is 7.99. The molecule has 96 valence electrons. The SMILES string of the molecule is O=C(O)CC(NC(=O)NCCC1CC1)C(=O)O. The second kappa shape index (κ2) is 6.07. The zero-order chi connectivity index (χ0) is 12.8. The van der Waals surface area contributed by atoms with Gasteiger partial charge in [-0.1, -0.05) is 12.8 Å². The molecule has 4 N–H and O–H groups in total. The fraction of sp³-hybridized carbons (Fsp3) is 0.700. The smallest absolute Gasteiger partial charge is 0.326 e. The summed E-state index contributed by atoms with van der Waals surface area (Å²) in [6, 6.07) is -2.03. The van der Waals surface area contributed by atoms with Crippen molar-refractivity contribution in [3.8, 4) is 0 Å². The van der Waals surface area contributed by atoms with Crippen molar-refractivity contribution in [2.75, 3.05) is 6.54 Å². The largest absolute Gasteiger partial charge is 0.481 e. The molecular formula is C10H16N2O5. The molecule has 0 saturated heterocycles. The molecular weight excluding hydrogens is 228 g/mol. The highest BCUT2D eigenvalue weighted by molar-refractivity contribution is 5.86. The number of carbonyl (C=O) groups excluding carboxylic acids is 1. The second-order valence-electron chi connectivity index (χ2n) is 4.12. The van der Waals surface area contributed by atoms with E-state index in [1.165, 1.54) is 12.8 Å². The van der Waals surface area contributed by atoms with E-state index in [2.05, 4.69) is 10.6 Å². The van der Waals surface area contributed by atoms with Gasteiger partial charge in [-0.2, -0.15) is 0 Å². The van der Waals surface area contributed by atoms with Gasteiger partial charge >= 0.3 is 18.0 Å². The van der Waals surface area contributed by atoms with Gasteiger partial charge in [0.1, 0.15) is 6.04 Å². The molecule has 0 aliphatic heterocycles. The van der Waals surface area contributed by atoms with E-state index in [9.17, 15) is 14.4 Å². The van der Waals surface area contributed by atoms with Crippen LogP contribution in [0.1, 0.15) is 25.7 Å².